The number of nitrogens with two attached hydrogens (primary N) is 1. The average molecular weight is 334 g/mol. The number of nitrogens with one attached hydrogen (secondary N) is 1. The molecular weight excluding hydrogens is 308 g/mol. The van der Waals surface area contributed by atoms with Crippen LogP contribution in [0.3, 0.4) is 0 Å². The van der Waals surface area contributed by atoms with Gasteiger partial charge in [-0.1, -0.05) is 37.1 Å². The summed E-state index contributed by atoms with van der Waals surface area (Å²) in [7, 11) is 0. The molecule has 0 bridgehead atoms. The van der Waals surface area contributed by atoms with Gasteiger partial charge in [-0.2, -0.15) is 0 Å². The van der Waals surface area contributed by atoms with Crippen molar-refractivity contribution in [3.05, 3.63) is 35.4 Å². The molecule has 0 aliphatic carbocycles. The largest absolute Gasteiger partial charge is 0.383 e. The molecule has 1 heterocycles. The number of carbonyl (C=O) groups is 2. The number of morpholine rings is 1. The van der Waals surface area contributed by atoms with E-state index in [-0.39, 0.29) is 11.9 Å². The fourth-order valence-corrected chi connectivity index (χ4v) is 2.75. The maximum absolute atomic E-state index is 12.2. The average Bonchev–Trinajstić information content (AvgIpc) is 2.62. The van der Waals surface area contributed by atoms with Crippen LogP contribution < -0.4 is 11.1 Å². The van der Waals surface area contributed by atoms with Gasteiger partial charge in [0.2, 0.25) is 5.91 Å². The summed E-state index contributed by atoms with van der Waals surface area (Å²) in [6.45, 7) is 2.38. The zero-order valence-electron chi connectivity index (χ0n) is 13.9. The fourth-order valence-electron chi connectivity index (χ4n) is 2.75. The van der Waals surface area contributed by atoms with Crippen LogP contribution in [0.15, 0.2) is 24.3 Å². The highest BCUT2D eigenvalue weighted by molar-refractivity contribution is 5.96. The Hall–Kier alpha value is -1.76. The summed E-state index contributed by atoms with van der Waals surface area (Å²) in [5.41, 5.74) is 6.78. The van der Waals surface area contributed by atoms with Gasteiger partial charge in [-0.15, -0.1) is 0 Å². The maximum atomic E-state index is 12.2. The van der Waals surface area contributed by atoms with Crippen molar-refractivity contribution in [3.63, 3.8) is 0 Å². The molecule has 2 unspecified atom stereocenters. The van der Waals surface area contributed by atoms with Crippen molar-refractivity contribution >= 4 is 11.7 Å². The Bertz CT molecular complexity index is 538. The highest BCUT2D eigenvalue weighted by Gasteiger charge is 2.16. The summed E-state index contributed by atoms with van der Waals surface area (Å²) in [6.07, 6.45) is 2.00. The number of hydrogen-bond acceptors (Lipinski definition) is 5. The Morgan fingerprint density at radius 2 is 2.00 bits per heavy atom. The molecular formula is C18H26N2O4. The third-order valence-corrected chi connectivity index (χ3v) is 4.24. The SMILES string of the molecule is NC(=O)C(O)CCCCCC(=O)c1ccc(C2CNCCO2)cc1. The number of Topliss-reactive ketones (excluding diaryl/α,β-unsaturated/α-hetero) is 1. The molecule has 6 nitrogen and oxygen atoms in total. The number of unbranched alkanes of at least 4 members (excludes halogenated alkanes) is 2. The number of hydrogen-bond donors (Lipinski definition) is 3. The van der Waals surface area contributed by atoms with E-state index in [1.54, 1.807) is 0 Å². The van der Waals surface area contributed by atoms with Crippen LogP contribution >= 0.6 is 0 Å². The predicted molar refractivity (Wildman–Crippen MR) is 90.6 cm³/mol. The van der Waals surface area contributed by atoms with Crippen LogP contribution in [-0.4, -0.2) is 42.6 Å². The van der Waals surface area contributed by atoms with E-state index in [1.807, 2.05) is 24.3 Å². The molecule has 132 valence electrons. The normalized spacial score (nSPS) is 19.0. The quantitative estimate of drug-likeness (QED) is 0.467. The molecule has 6 heteroatoms. The lowest BCUT2D eigenvalue weighted by molar-refractivity contribution is -0.126. The smallest absolute Gasteiger partial charge is 0.246 e. The second kappa shape index (κ2) is 9.52. The summed E-state index contributed by atoms with van der Waals surface area (Å²) in [5, 5.41) is 12.6. The number of aliphatic hydroxyl groups is 1. The second-order valence-electron chi connectivity index (χ2n) is 6.13. The lowest BCUT2D eigenvalue weighted by Crippen LogP contribution is -2.33. The topological polar surface area (TPSA) is 102 Å². The molecule has 0 saturated carbocycles. The second-order valence-corrected chi connectivity index (χ2v) is 6.13. The van der Waals surface area contributed by atoms with Crippen LogP contribution in [0, 0.1) is 0 Å². The van der Waals surface area contributed by atoms with Crippen molar-refractivity contribution in [1.29, 1.82) is 0 Å². The molecule has 0 radical (unpaired) electrons. The monoisotopic (exact) mass is 334 g/mol. The van der Waals surface area contributed by atoms with Gasteiger partial charge in [-0.05, 0) is 18.4 Å². The molecule has 0 spiro atoms. The van der Waals surface area contributed by atoms with Crippen molar-refractivity contribution in [2.75, 3.05) is 19.7 Å². The molecule has 1 fully saturated rings. The Morgan fingerprint density at radius 3 is 2.62 bits per heavy atom. The van der Waals surface area contributed by atoms with Crippen LogP contribution in [0.5, 0.6) is 0 Å². The minimum atomic E-state index is -1.08. The zero-order valence-corrected chi connectivity index (χ0v) is 13.9. The van der Waals surface area contributed by atoms with Gasteiger partial charge >= 0.3 is 0 Å². The van der Waals surface area contributed by atoms with Crippen LogP contribution in [-0.2, 0) is 9.53 Å². The lowest BCUT2D eigenvalue weighted by atomic mass is 10.0. The van der Waals surface area contributed by atoms with Gasteiger partial charge in [-0.3, -0.25) is 9.59 Å². The molecule has 2 rings (SSSR count). The number of benzene rings is 1. The molecule has 4 N–H and O–H groups in total. The minimum Gasteiger partial charge on any atom is -0.383 e. The van der Waals surface area contributed by atoms with E-state index in [9.17, 15) is 14.7 Å². The van der Waals surface area contributed by atoms with Gasteiger partial charge in [-0.25, -0.2) is 0 Å². The fraction of sp³-hybridized carbons (Fsp3) is 0.556. The Kier molecular flexibility index (Phi) is 7.36. The first-order valence-corrected chi connectivity index (χ1v) is 8.51. The number of primary amides is 1. The number of carbonyl (C=O) groups excluding carboxylic acids is 2. The van der Waals surface area contributed by atoms with E-state index in [0.717, 1.165) is 31.5 Å². The van der Waals surface area contributed by atoms with Crippen LogP contribution in [0.1, 0.15) is 54.1 Å². The number of amides is 1. The van der Waals surface area contributed by atoms with Gasteiger partial charge in [0, 0.05) is 25.1 Å². The number of ketones is 1. The van der Waals surface area contributed by atoms with Crippen LogP contribution in [0.4, 0.5) is 0 Å². The van der Waals surface area contributed by atoms with E-state index < -0.39 is 12.0 Å². The standard InChI is InChI=1S/C18H26N2O4/c19-18(23)16(22)5-3-1-2-4-15(21)13-6-8-14(9-7-13)17-12-20-10-11-24-17/h6-9,16-17,20,22H,1-5,10-12H2,(H2,19,23). The van der Waals surface area contributed by atoms with E-state index in [4.69, 9.17) is 10.5 Å². The highest BCUT2D eigenvalue weighted by atomic mass is 16.5. The predicted octanol–water partition coefficient (Wildman–Crippen LogP) is 1.33. The Balaban J connectivity index is 1.71. The minimum absolute atomic E-state index is 0.0552. The molecule has 1 aromatic rings. The van der Waals surface area contributed by atoms with Crippen molar-refractivity contribution in [1.82, 2.24) is 5.32 Å². The summed E-state index contributed by atoms with van der Waals surface area (Å²) in [6, 6.07) is 7.61. The van der Waals surface area contributed by atoms with E-state index in [0.29, 0.717) is 31.4 Å². The molecule has 2 atom stereocenters. The van der Waals surface area contributed by atoms with Gasteiger partial charge in [0.15, 0.2) is 5.78 Å². The van der Waals surface area contributed by atoms with Gasteiger partial charge in [0.25, 0.3) is 0 Å². The molecule has 1 aliphatic heterocycles. The highest BCUT2D eigenvalue weighted by Crippen LogP contribution is 2.20. The van der Waals surface area contributed by atoms with Gasteiger partial charge in [0.1, 0.15) is 6.10 Å². The molecule has 1 aliphatic rings. The first kappa shape index (κ1) is 18.6. The van der Waals surface area contributed by atoms with Crippen molar-refractivity contribution in [3.8, 4) is 0 Å². The van der Waals surface area contributed by atoms with E-state index >= 15 is 0 Å². The first-order valence-electron chi connectivity index (χ1n) is 8.51. The third-order valence-electron chi connectivity index (χ3n) is 4.24. The molecule has 0 aromatic heterocycles. The number of rotatable bonds is 9. The molecule has 24 heavy (non-hydrogen) atoms. The summed E-state index contributed by atoms with van der Waals surface area (Å²) in [4.78, 5) is 22.9. The maximum Gasteiger partial charge on any atom is 0.246 e. The Morgan fingerprint density at radius 1 is 1.25 bits per heavy atom. The van der Waals surface area contributed by atoms with Crippen molar-refractivity contribution in [2.45, 2.75) is 44.3 Å². The summed E-state index contributed by atoms with van der Waals surface area (Å²) >= 11 is 0. The van der Waals surface area contributed by atoms with Crippen molar-refractivity contribution < 1.29 is 19.4 Å². The number of aliphatic hydroxyl groups excluding tert-OH is 1. The van der Waals surface area contributed by atoms with Crippen LogP contribution in [0.2, 0.25) is 0 Å². The first-order chi connectivity index (χ1) is 11.6. The lowest BCUT2D eigenvalue weighted by Gasteiger charge is -2.24. The summed E-state index contributed by atoms with van der Waals surface area (Å²) < 4.78 is 5.69. The zero-order chi connectivity index (χ0) is 17.4. The molecule has 1 amide bonds. The van der Waals surface area contributed by atoms with E-state index in [2.05, 4.69) is 5.32 Å². The third kappa shape index (κ3) is 5.70. The van der Waals surface area contributed by atoms with E-state index in [1.165, 1.54) is 0 Å². The van der Waals surface area contributed by atoms with Gasteiger partial charge < -0.3 is 20.9 Å². The number of ether oxygens (including phenoxy) is 1. The van der Waals surface area contributed by atoms with Gasteiger partial charge in [0.05, 0.1) is 12.7 Å². The van der Waals surface area contributed by atoms with Crippen LogP contribution in [0.25, 0.3) is 0 Å². The molecule has 1 saturated heterocycles. The molecule has 1 aromatic carbocycles. The summed E-state index contributed by atoms with van der Waals surface area (Å²) in [5.74, 6) is -0.581. The van der Waals surface area contributed by atoms with Crippen molar-refractivity contribution in [2.24, 2.45) is 5.73 Å². The Labute approximate surface area is 142 Å².